The van der Waals surface area contributed by atoms with E-state index in [-0.39, 0.29) is 9.92 Å². The summed E-state index contributed by atoms with van der Waals surface area (Å²) in [5.41, 5.74) is 3.01. The quantitative estimate of drug-likeness (QED) is 0.589. The van der Waals surface area contributed by atoms with Crippen LogP contribution in [0.3, 0.4) is 0 Å². The number of rotatable bonds is 4. The SMILES string of the molecule is CN1CCN(S(=O)(=O)c2cc(Cl)cc(-c3nccc(-c4ncsc4C#N)n3)c2)CC1. The standard InChI is InChI=1S/C19H17ClN6O2S2/c1-25-4-6-26(7-5-25)30(27,28)15-9-13(8-14(20)10-15)19-22-3-2-16(24-19)18-17(11-21)29-12-23-18/h2-3,8-10,12H,4-7H2,1H3. The topological polar surface area (TPSA) is 103 Å². The number of hydrogen-bond acceptors (Lipinski definition) is 8. The predicted octanol–water partition coefficient (Wildman–Crippen LogP) is 2.73. The van der Waals surface area contributed by atoms with Crippen molar-refractivity contribution in [3.8, 4) is 28.8 Å². The van der Waals surface area contributed by atoms with E-state index in [1.807, 2.05) is 7.05 Å². The number of piperazine rings is 1. The Kier molecular flexibility index (Phi) is 5.81. The second-order valence-corrected chi connectivity index (χ2v) is 10.0. The van der Waals surface area contributed by atoms with Crippen LogP contribution in [0.5, 0.6) is 0 Å². The molecule has 0 amide bonds. The second kappa shape index (κ2) is 8.37. The minimum Gasteiger partial charge on any atom is -0.304 e. The van der Waals surface area contributed by atoms with Gasteiger partial charge in [0, 0.05) is 43.0 Å². The minimum atomic E-state index is -3.69. The third-order valence-electron chi connectivity index (χ3n) is 4.80. The molecule has 0 spiro atoms. The van der Waals surface area contributed by atoms with Gasteiger partial charge in [-0.1, -0.05) is 11.6 Å². The van der Waals surface area contributed by atoms with Crippen molar-refractivity contribution in [2.24, 2.45) is 0 Å². The van der Waals surface area contributed by atoms with Crippen molar-refractivity contribution in [3.05, 3.63) is 45.9 Å². The van der Waals surface area contributed by atoms with Crippen LogP contribution < -0.4 is 0 Å². The molecule has 30 heavy (non-hydrogen) atoms. The van der Waals surface area contributed by atoms with E-state index >= 15 is 0 Å². The lowest BCUT2D eigenvalue weighted by Gasteiger charge is -2.31. The molecule has 3 aromatic rings. The maximum Gasteiger partial charge on any atom is 0.243 e. The van der Waals surface area contributed by atoms with Crippen LogP contribution in [0.25, 0.3) is 22.8 Å². The Morgan fingerprint density at radius 1 is 1.17 bits per heavy atom. The molecule has 0 unspecified atom stereocenters. The zero-order valence-corrected chi connectivity index (χ0v) is 18.4. The van der Waals surface area contributed by atoms with Gasteiger partial charge in [0.1, 0.15) is 16.6 Å². The van der Waals surface area contributed by atoms with E-state index in [9.17, 15) is 13.7 Å². The summed E-state index contributed by atoms with van der Waals surface area (Å²) in [7, 11) is -1.73. The van der Waals surface area contributed by atoms with E-state index in [1.165, 1.54) is 27.8 Å². The molecule has 1 aromatic carbocycles. The molecule has 0 aliphatic carbocycles. The summed E-state index contributed by atoms with van der Waals surface area (Å²) in [6.07, 6.45) is 1.55. The molecule has 2 aromatic heterocycles. The van der Waals surface area contributed by atoms with Gasteiger partial charge in [-0.25, -0.2) is 23.4 Å². The van der Waals surface area contributed by atoms with Gasteiger partial charge in [0.05, 0.1) is 16.1 Å². The van der Waals surface area contributed by atoms with Gasteiger partial charge < -0.3 is 4.90 Å². The summed E-state index contributed by atoms with van der Waals surface area (Å²) < 4.78 is 27.7. The predicted molar refractivity (Wildman–Crippen MR) is 115 cm³/mol. The molecule has 1 aliphatic rings. The number of hydrogen-bond donors (Lipinski definition) is 0. The third-order valence-corrected chi connectivity index (χ3v) is 7.62. The van der Waals surface area contributed by atoms with Crippen molar-refractivity contribution in [3.63, 3.8) is 0 Å². The van der Waals surface area contributed by atoms with Crippen LogP contribution in [-0.2, 0) is 10.0 Å². The van der Waals surface area contributed by atoms with Crippen LogP contribution in [0.4, 0.5) is 0 Å². The number of benzene rings is 1. The van der Waals surface area contributed by atoms with E-state index in [4.69, 9.17) is 11.6 Å². The molecule has 8 nitrogen and oxygen atoms in total. The van der Waals surface area contributed by atoms with Crippen molar-refractivity contribution in [2.75, 3.05) is 33.2 Å². The molecule has 1 fully saturated rings. The van der Waals surface area contributed by atoms with Crippen molar-refractivity contribution in [2.45, 2.75) is 4.90 Å². The molecular formula is C19H17ClN6O2S2. The monoisotopic (exact) mass is 460 g/mol. The molecule has 0 N–H and O–H groups in total. The molecular weight excluding hydrogens is 444 g/mol. The van der Waals surface area contributed by atoms with Crippen LogP contribution >= 0.6 is 22.9 Å². The van der Waals surface area contributed by atoms with Crippen LogP contribution in [0.2, 0.25) is 5.02 Å². The van der Waals surface area contributed by atoms with E-state index in [1.54, 1.807) is 23.8 Å². The lowest BCUT2D eigenvalue weighted by atomic mass is 10.2. The fourth-order valence-electron chi connectivity index (χ4n) is 3.16. The Labute approximate surface area is 183 Å². The average Bonchev–Trinajstić information content (AvgIpc) is 3.23. The molecule has 0 saturated carbocycles. The summed E-state index contributed by atoms with van der Waals surface area (Å²) in [4.78, 5) is 15.6. The van der Waals surface area contributed by atoms with Gasteiger partial charge in [-0.15, -0.1) is 11.3 Å². The van der Waals surface area contributed by atoms with Crippen molar-refractivity contribution in [1.29, 1.82) is 5.26 Å². The van der Waals surface area contributed by atoms with E-state index in [0.29, 0.717) is 53.8 Å². The third kappa shape index (κ3) is 4.08. The lowest BCUT2D eigenvalue weighted by molar-refractivity contribution is 0.222. The Morgan fingerprint density at radius 3 is 2.67 bits per heavy atom. The fraction of sp³-hybridized carbons (Fsp3) is 0.263. The zero-order chi connectivity index (χ0) is 21.3. The van der Waals surface area contributed by atoms with Gasteiger partial charge in [-0.3, -0.25) is 0 Å². The maximum absolute atomic E-state index is 13.1. The highest BCUT2D eigenvalue weighted by atomic mass is 35.5. The van der Waals surface area contributed by atoms with Gasteiger partial charge in [0.2, 0.25) is 10.0 Å². The molecule has 154 valence electrons. The number of nitrogens with zero attached hydrogens (tertiary/aromatic N) is 6. The normalized spacial score (nSPS) is 15.8. The summed E-state index contributed by atoms with van der Waals surface area (Å²) in [6, 6.07) is 8.35. The number of aromatic nitrogens is 3. The molecule has 1 saturated heterocycles. The van der Waals surface area contributed by atoms with Gasteiger partial charge in [-0.2, -0.15) is 9.57 Å². The summed E-state index contributed by atoms with van der Waals surface area (Å²) >= 11 is 7.48. The van der Waals surface area contributed by atoms with Crippen molar-refractivity contribution in [1.82, 2.24) is 24.2 Å². The zero-order valence-electron chi connectivity index (χ0n) is 16.0. The molecule has 4 rings (SSSR count). The molecule has 3 heterocycles. The van der Waals surface area contributed by atoms with Crippen molar-refractivity contribution >= 4 is 33.0 Å². The first-order chi connectivity index (χ1) is 14.4. The molecule has 0 bridgehead atoms. The Bertz CT molecular complexity index is 1230. The van der Waals surface area contributed by atoms with Gasteiger partial charge in [0.25, 0.3) is 0 Å². The second-order valence-electron chi connectivity index (χ2n) is 6.79. The Morgan fingerprint density at radius 2 is 1.93 bits per heavy atom. The van der Waals surface area contributed by atoms with E-state index in [0.717, 1.165) is 0 Å². The lowest BCUT2D eigenvalue weighted by Crippen LogP contribution is -2.47. The van der Waals surface area contributed by atoms with Gasteiger partial charge in [-0.05, 0) is 31.3 Å². The summed E-state index contributed by atoms with van der Waals surface area (Å²) in [5, 5.41) is 9.52. The van der Waals surface area contributed by atoms with Crippen LogP contribution in [0, 0.1) is 11.3 Å². The highest BCUT2D eigenvalue weighted by molar-refractivity contribution is 7.89. The number of halogens is 1. The van der Waals surface area contributed by atoms with E-state index in [2.05, 4.69) is 25.9 Å². The van der Waals surface area contributed by atoms with Gasteiger partial charge >= 0.3 is 0 Å². The number of sulfonamides is 1. The molecule has 11 heteroatoms. The maximum atomic E-state index is 13.1. The number of thiazole rings is 1. The molecule has 0 atom stereocenters. The molecule has 1 aliphatic heterocycles. The first kappa shape index (κ1) is 20.8. The largest absolute Gasteiger partial charge is 0.304 e. The highest BCUT2D eigenvalue weighted by Crippen LogP contribution is 2.29. The van der Waals surface area contributed by atoms with Gasteiger partial charge in [0.15, 0.2) is 5.82 Å². The highest BCUT2D eigenvalue weighted by Gasteiger charge is 2.28. The summed E-state index contributed by atoms with van der Waals surface area (Å²) in [6.45, 7) is 2.19. The first-order valence-electron chi connectivity index (χ1n) is 9.05. The van der Waals surface area contributed by atoms with Crippen LogP contribution in [-0.4, -0.2) is 65.8 Å². The number of nitriles is 1. The Balaban J connectivity index is 1.73. The Hall–Kier alpha value is -2.42. The van der Waals surface area contributed by atoms with Crippen LogP contribution in [0.15, 0.2) is 40.9 Å². The van der Waals surface area contributed by atoms with E-state index < -0.39 is 10.0 Å². The van der Waals surface area contributed by atoms with Crippen LogP contribution in [0.1, 0.15) is 4.88 Å². The summed E-state index contributed by atoms with van der Waals surface area (Å²) in [5.74, 6) is 0.307. The first-order valence-corrected chi connectivity index (χ1v) is 11.7. The smallest absolute Gasteiger partial charge is 0.243 e. The fourth-order valence-corrected chi connectivity index (χ4v) is 5.53. The average molecular weight is 461 g/mol. The minimum absolute atomic E-state index is 0.106. The van der Waals surface area contributed by atoms with Crippen molar-refractivity contribution < 1.29 is 8.42 Å². The number of likely N-dealkylation sites (N-methyl/N-ethyl adjacent to an activating group) is 1. The molecule has 0 radical (unpaired) electrons.